The van der Waals surface area contributed by atoms with Gasteiger partial charge in [-0.05, 0) is 19.1 Å². The Hall–Kier alpha value is -2.43. The molecule has 0 amide bonds. The summed E-state index contributed by atoms with van der Waals surface area (Å²) in [7, 11) is 1.66. The average Bonchev–Trinajstić information content (AvgIpc) is 2.90. The Morgan fingerprint density at radius 1 is 1.33 bits per heavy atom. The second-order valence-corrected chi connectivity index (χ2v) is 4.24. The molecule has 1 aromatic carbocycles. The number of nitrogens with zero attached hydrogens (tertiary/aromatic N) is 1. The van der Waals surface area contributed by atoms with Crippen molar-refractivity contribution >= 4 is 16.6 Å². The first-order chi connectivity index (χ1) is 8.70. The monoisotopic (exact) mass is 242 g/mol. The summed E-state index contributed by atoms with van der Waals surface area (Å²) in [6.45, 7) is 2.02. The summed E-state index contributed by atoms with van der Waals surface area (Å²) in [4.78, 5) is 3.33. The van der Waals surface area contributed by atoms with Gasteiger partial charge in [0.05, 0.1) is 24.7 Å². The molecule has 0 aliphatic heterocycles. The van der Waals surface area contributed by atoms with Crippen LogP contribution in [0.15, 0.2) is 24.4 Å². The predicted molar refractivity (Wildman–Crippen MR) is 71.6 cm³/mol. The van der Waals surface area contributed by atoms with E-state index in [-0.39, 0.29) is 0 Å². The fraction of sp³-hybridized carbons (Fsp3) is 0.154. The highest BCUT2D eigenvalue weighted by atomic mass is 16.5. The third-order valence-corrected chi connectivity index (χ3v) is 3.11. The minimum absolute atomic E-state index is 0.648. The van der Waals surface area contributed by atoms with Crippen molar-refractivity contribution in [1.29, 1.82) is 0 Å². The fourth-order valence-electron chi connectivity index (χ4n) is 2.26. The van der Waals surface area contributed by atoms with Crippen LogP contribution in [0.2, 0.25) is 0 Å². The number of nitrogen functional groups attached to an aromatic ring is 1. The summed E-state index contributed by atoms with van der Waals surface area (Å²) in [6.07, 6.45) is 1.62. The Kier molecular flexibility index (Phi) is 2.26. The van der Waals surface area contributed by atoms with Gasteiger partial charge in [-0.15, -0.1) is 0 Å². The van der Waals surface area contributed by atoms with Crippen LogP contribution in [0.5, 0.6) is 5.75 Å². The SMILES string of the molecule is COc1ccc2c(-c3[nH]ncc3N)c(C)[nH]c2c1. The van der Waals surface area contributed by atoms with Gasteiger partial charge in [-0.3, -0.25) is 5.10 Å². The van der Waals surface area contributed by atoms with Gasteiger partial charge < -0.3 is 15.5 Å². The summed E-state index contributed by atoms with van der Waals surface area (Å²) in [5, 5.41) is 8.02. The molecule has 0 spiro atoms. The molecule has 92 valence electrons. The second-order valence-electron chi connectivity index (χ2n) is 4.24. The third-order valence-electron chi connectivity index (χ3n) is 3.11. The summed E-state index contributed by atoms with van der Waals surface area (Å²) in [5.41, 5.74) is 10.5. The van der Waals surface area contributed by atoms with E-state index in [0.29, 0.717) is 5.69 Å². The smallest absolute Gasteiger partial charge is 0.120 e. The van der Waals surface area contributed by atoms with Gasteiger partial charge in [-0.2, -0.15) is 5.10 Å². The molecular weight excluding hydrogens is 228 g/mol. The van der Waals surface area contributed by atoms with Gasteiger partial charge in [0, 0.05) is 28.2 Å². The van der Waals surface area contributed by atoms with Crippen molar-refractivity contribution in [2.45, 2.75) is 6.92 Å². The largest absolute Gasteiger partial charge is 0.497 e. The number of nitrogens with one attached hydrogen (secondary N) is 2. The number of methoxy groups -OCH3 is 1. The van der Waals surface area contributed by atoms with E-state index in [1.54, 1.807) is 13.3 Å². The van der Waals surface area contributed by atoms with Crippen LogP contribution in [0.4, 0.5) is 5.69 Å². The van der Waals surface area contributed by atoms with E-state index in [2.05, 4.69) is 15.2 Å². The van der Waals surface area contributed by atoms with Crippen LogP contribution in [0, 0.1) is 6.92 Å². The van der Waals surface area contributed by atoms with Gasteiger partial charge in [0.15, 0.2) is 0 Å². The van der Waals surface area contributed by atoms with Crippen molar-refractivity contribution in [2.75, 3.05) is 12.8 Å². The maximum absolute atomic E-state index is 5.92. The Morgan fingerprint density at radius 2 is 2.17 bits per heavy atom. The number of aromatic nitrogens is 3. The number of aromatic amines is 2. The van der Waals surface area contributed by atoms with Gasteiger partial charge >= 0.3 is 0 Å². The summed E-state index contributed by atoms with van der Waals surface area (Å²) >= 11 is 0. The van der Waals surface area contributed by atoms with Gasteiger partial charge in [0.2, 0.25) is 0 Å². The van der Waals surface area contributed by atoms with Crippen molar-refractivity contribution in [3.63, 3.8) is 0 Å². The first-order valence-electron chi connectivity index (χ1n) is 5.66. The minimum Gasteiger partial charge on any atom is -0.497 e. The lowest BCUT2D eigenvalue weighted by Crippen LogP contribution is -1.87. The lowest BCUT2D eigenvalue weighted by Gasteiger charge is -2.01. The molecule has 3 rings (SSSR count). The van der Waals surface area contributed by atoms with Crippen LogP contribution in [-0.4, -0.2) is 22.3 Å². The number of benzene rings is 1. The molecule has 0 radical (unpaired) electrons. The number of H-pyrrole nitrogens is 2. The van der Waals surface area contributed by atoms with Crippen LogP contribution in [-0.2, 0) is 0 Å². The molecule has 0 saturated carbocycles. The predicted octanol–water partition coefficient (Wildman–Crippen LogP) is 2.46. The average molecular weight is 242 g/mol. The summed E-state index contributed by atoms with van der Waals surface area (Å²) < 4.78 is 5.22. The molecule has 18 heavy (non-hydrogen) atoms. The molecule has 0 unspecified atom stereocenters. The first-order valence-corrected chi connectivity index (χ1v) is 5.66. The molecule has 3 aromatic rings. The Morgan fingerprint density at radius 3 is 2.83 bits per heavy atom. The zero-order valence-corrected chi connectivity index (χ0v) is 10.2. The van der Waals surface area contributed by atoms with E-state index >= 15 is 0 Å². The Bertz CT molecular complexity index is 711. The van der Waals surface area contributed by atoms with Crippen LogP contribution in [0.25, 0.3) is 22.2 Å². The molecule has 0 bridgehead atoms. The van der Waals surface area contributed by atoms with E-state index in [9.17, 15) is 0 Å². The van der Waals surface area contributed by atoms with Crippen molar-refractivity contribution < 1.29 is 4.74 Å². The van der Waals surface area contributed by atoms with Crippen molar-refractivity contribution in [1.82, 2.24) is 15.2 Å². The number of hydrogen-bond acceptors (Lipinski definition) is 3. The summed E-state index contributed by atoms with van der Waals surface area (Å²) in [5.74, 6) is 0.827. The lowest BCUT2D eigenvalue weighted by atomic mass is 10.1. The normalized spacial score (nSPS) is 11.0. The molecule has 4 N–H and O–H groups in total. The maximum Gasteiger partial charge on any atom is 0.120 e. The number of anilines is 1. The number of hydrogen-bond donors (Lipinski definition) is 3. The van der Waals surface area contributed by atoms with Gasteiger partial charge in [-0.25, -0.2) is 0 Å². The van der Waals surface area contributed by atoms with Crippen LogP contribution < -0.4 is 10.5 Å². The van der Waals surface area contributed by atoms with Gasteiger partial charge in [-0.1, -0.05) is 0 Å². The fourth-order valence-corrected chi connectivity index (χ4v) is 2.26. The number of nitrogens with two attached hydrogens (primary N) is 1. The van der Waals surface area contributed by atoms with E-state index in [1.807, 2.05) is 25.1 Å². The molecule has 2 aromatic heterocycles. The number of fused-ring (bicyclic) bond motifs is 1. The van der Waals surface area contributed by atoms with Crippen LogP contribution in [0.3, 0.4) is 0 Å². The number of rotatable bonds is 2. The van der Waals surface area contributed by atoms with Crippen LogP contribution >= 0.6 is 0 Å². The number of ether oxygens (including phenoxy) is 1. The van der Waals surface area contributed by atoms with Gasteiger partial charge in [0.1, 0.15) is 5.75 Å². The first kappa shape index (κ1) is 10.7. The standard InChI is InChI=1S/C13H14N4O/c1-7-12(13-10(14)6-15-17-13)9-4-3-8(18-2)5-11(9)16-7/h3-6,16H,14H2,1-2H3,(H,15,17). The highest BCUT2D eigenvalue weighted by molar-refractivity contribution is 5.99. The quantitative estimate of drug-likeness (QED) is 0.645. The molecule has 0 saturated heterocycles. The van der Waals surface area contributed by atoms with Crippen molar-refractivity contribution in [3.05, 3.63) is 30.1 Å². The Labute approximate surface area is 104 Å². The highest BCUT2D eigenvalue weighted by Crippen LogP contribution is 2.35. The Balaban J connectivity index is 2.30. The molecule has 0 atom stereocenters. The van der Waals surface area contributed by atoms with E-state index < -0.39 is 0 Å². The summed E-state index contributed by atoms with van der Waals surface area (Å²) in [6, 6.07) is 5.93. The van der Waals surface area contributed by atoms with E-state index in [4.69, 9.17) is 10.5 Å². The zero-order valence-electron chi connectivity index (χ0n) is 10.2. The van der Waals surface area contributed by atoms with Crippen molar-refractivity contribution in [3.8, 4) is 17.0 Å². The molecule has 2 heterocycles. The lowest BCUT2D eigenvalue weighted by molar-refractivity contribution is 0.415. The molecule has 5 heteroatoms. The van der Waals surface area contributed by atoms with Gasteiger partial charge in [0.25, 0.3) is 0 Å². The topological polar surface area (TPSA) is 79.7 Å². The van der Waals surface area contributed by atoms with Crippen LogP contribution in [0.1, 0.15) is 5.69 Å². The molecule has 0 fully saturated rings. The van der Waals surface area contributed by atoms with E-state index in [1.165, 1.54) is 0 Å². The highest BCUT2D eigenvalue weighted by Gasteiger charge is 2.14. The second kappa shape index (κ2) is 3.80. The molecule has 0 aliphatic rings. The molecule has 5 nitrogen and oxygen atoms in total. The van der Waals surface area contributed by atoms with E-state index in [0.717, 1.165) is 33.6 Å². The third kappa shape index (κ3) is 1.44. The maximum atomic E-state index is 5.92. The van der Waals surface area contributed by atoms with Crippen molar-refractivity contribution in [2.24, 2.45) is 0 Å². The minimum atomic E-state index is 0.648. The zero-order chi connectivity index (χ0) is 12.7. The molecule has 0 aliphatic carbocycles. The molecular formula is C13H14N4O. The number of aryl methyl sites for hydroxylation is 1.